The van der Waals surface area contributed by atoms with E-state index < -0.39 is 0 Å². The molecule has 0 radical (unpaired) electrons. The van der Waals surface area contributed by atoms with E-state index in [1.54, 1.807) is 0 Å². The quantitative estimate of drug-likeness (QED) is 0.194. The van der Waals surface area contributed by atoms with Crippen molar-refractivity contribution in [3.63, 3.8) is 0 Å². The van der Waals surface area contributed by atoms with Crippen LogP contribution in [-0.4, -0.2) is 0 Å². The van der Waals surface area contributed by atoms with Crippen LogP contribution >= 0.6 is 0 Å². The molecule has 0 saturated heterocycles. The van der Waals surface area contributed by atoms with Gasteiger partial charge in [0.2, 0.25) is 0 Å². The molecule has 0 heterocycles. The Balaban J connectivity index is 1.03. The summed E-state index contributed by atoms with van der Waals surface area (Å²) < 4.78 is 0. The summed E-state index contributed by atoms with van der Waals surface area (Å²) in [4.78, 5) is 0. The molecule has 0 spiro atoms. The van der Waals surface area contributed by atoms with Crippen LogP contribution in [0.5, 0.6) is 0 Å². The fraction of sp³-hybridized carbons (Fsp3) is 0. The maximum Gasteiger partial charge on any atom is -0.0172 e. The van der Waals surface area contributed by atoms with E-state index in [-0.39, 0.29) is 0 Å². The first-order chi connectivity index (χ1) is 22.7. The second-order valence-electron chi connectivity index (χ2n) is 12.3. The average Bonchev–Trinajstić information content (AvgIpc) is 3.13. The van der Waals surface area contributed by atoms with Gasteiger partial charge in [-0.05, 0) is 130 Å². The second-order valence-corrected chi connectivity index (χ2v) is 12.3. The summed E-state index contributed by atoms with van der Waals surface area (Å²) in [6.45, 7) is 0. The molecule has 0 aliphatic heterocycles. The SMILES string of the molecule is c1cc(-c2ccc3ccccc3c2)cc(-c2ccc3cc(-c4ccc5ccc(-c6ccc7ccccc7c6)cc5c4)ccc3c2)c1. The van der Waals surface area contributed by atoms with Gasteiger partial charge in [0.1, 0.15) is 0 Å². The van der Waals surface area contributed by atoms with Crippen molar-refractivity contribution in [3.05, 3.63) is 182 Å². The van der Waals surface area contributed by atoms with E-state index >= 15 is 0 Å². The van der Waals surface area contributed by atoms with E-state index in [0.29, 0.717) is 0 Å². The number of fused-ring (bicyclic) bond motifs is 4. The molecule has 0 aromatic heterocycles. The van der Waals surface area contributed by atoms with Gasteiger partial charge in [-0.25, -0.2) is 0 Å². The molecule has 0 fully saturated rings. The first kappa shape index (κ1) is 26.4. The van der Waals surface area contributed by atoms with E-state index in [0.717, 1.165) is 0 Å². The van der Waals surface area contributed by atoms with Crippen LogP contribution in [0.2, 0.25) is 0 Å². The lowest BCUT2D eigenvalue weighted by Crippen LogP contribution is -1.85. The molecule has 0 unspecified atom stereocenters. The molecule has 0 nitrogen and oxygen atoms in total. The highest BCUT2D eigenvalue weighted by Crippen LogP contribution is 2.34. The third-order valence-electron chi connectivity index (χ3n) is 9.38. The summed E-state index contributed by atoms with van der Waals surface area (Å²) in [5.41, 5.74) is 9.89. The van der Waals surface area contributed by atoms with Crippen molar-refractivity contribution >= 4 is 43.1 Å². The van der Waals surface area contributed by atoms with Crippen LogP contribution in [0.1, 0.15) is 0 Å². The first-order valence-corrected chi connectivity index (χ1v) is 15.9. The minimum atomic E-state index is 1.23. The van der Waals surface area contributed by atoms with Gasteiger partial charge in [-0.3, -0.25) is 0 Å². The van der Waals surface area contributed by atoms with Gasteiger partial charge in [-0.15, -0.1) is 0 Å². The normalized spacial score (nSPS) is 11.5. The zero-order chi connectivity index (χ0) is 30.5. The lowest BCUT2D eigenvalue weighted by Gasteiger charge is -2.10. The Morgan fingerprint density at radius 1 is 0.152 bits per heavy atom. The average molecular weight is 583 g/mol. The highest BCUT2D eigenvalue weighted by Gasteiger charge is 2.08. The monoisotopic (exact) mass is 582 g/mol. The Hall–Kier alpha value is -5.98. The molecular formula is C46H30. The van der Waals surface area contributed by atoms with Crippen molar-refractivity contribution < 1.29 is 0 Å². The van der Waals surface area contributed by atoms with Crippen LogP contribution in [0.4, 0.5) is 0 Å². The topological polar surface area (TPSA) is 0 Å². The van der Waals surface area contributed by atoms with Crippen molar-refractivity contribution in [1.29, 1.82) is 0 Å². The highest BCUT2D eigenvalue weighted by atomic mass is 14.1. The van der Waals surface area contributed by atoms with Crippen LogP contribution in [0.3, 0.4) is 0 Å². The van der Waals surface area contributed by atoms with Crippen molar-refractivity contribution in [1.82, 2.24) is 0 Å². The molecule has 9 rings (SSSR count). The maximum atomic E-state index is 2.33. The highest BCUT2D eigenvalue weighted by molar-refractivity contribution is 5.96. The van der Waals surface area contributed by atoms with E-state index in [4.69, 9.17) is 0 Å². The summed E-state index contributed by atoms with van der Waals surface area (Å²) in [7, 11) is 0. The van der Waals surface area contributed by atoms with Crippen LogP contribution in [-0.2, 0) is 0 Å². The van der Waals surface area contributed by atoms with Crippen LogP contribution in [0.25, 0.3) is 87.6 Å². The molecule has 0 heteroatoms. The molecule has 0 N–H and O–H groups in total. The standard InChI is InChI=1S/C46H30/c1-3-8-34-24-38(16-12-31(34)6-1)36-10-5-11-37(26-36)39-20-21-42-28-43(23-22-41(42)27-39)45-19-15-33-14-18-44(29-46(33)30-45)40-17-13-32-7-2-4-9-35(32)25-40/h1-30H. The zero-order valence-electron chi connectivity index (χ0n) is 25.3. The number of hydrogen-bond donors (Lipinski definition) is 0. The molecule has 0 bridgehead atoms. The zero-order valence-corrected chi connectivity index (χ0v) is 25.3. The van der Waals surface area contributed by atoms with Crippen LogP contribution in [0.15, 0.2) is 182 Å². The Kier molecular flexibility index (Phi) is 6.25. The van der Waals surface area contributed by atoms with Crippen LogP contribution < -0.4 is 0 Å². The van der Waals surface area contributed by atoms with E-state index in [1.807, 2.05) is 0 Å². The molecule has 9 aromatic carbocycles. The second kappa shape index (κ2) is 10.9. The fourth-order valence-corrected chi connectivity index (χ4v) is 6.83. The molecule has 0 saturated carbocycles. The van der Waals surface area contributed by atoms with Gasteiger partial charge in [0.25, 0.3) is 0 Å². The Labute approximate surface area is 268 Å². The molecule has 9 aromatic rings. The predicted octanol–water partition coefficient (Wildman–Crippen LogP) is 13.0. The van der Waals surface area contributed by atoms with Crippen molar-refractivity contribution in [2.45, 2.75) is 0 Å². The summed E-state index contributed by atoms with van der Waals surface area (Å²) >= 11 is 0. The third kappa shape index (κ3) is 4.82. The Bertz CT molecular complexity index is 2590. The summed E-state index contributed by atoms with van der Waals surface area (Å²) in [6, 6.07) is 66.7. The largest absolute Gasteiger partial charge is 0.0616 e. The Morgan fingerprint density at radius 3 is 0.804 bits per heavy atom. The number of hydrogen-bond acceptors (Lipinski definition) is 0. The molecule has 0 aliphatic rings. The molecule has 46 heavy (non-hydrogen) atoms. The minimum absolute atomic E-state index is 1.23. The smallest absolute Gasteiger partial charge is 0.0172 e. The fourth-order valence-electron chi connectivity index (χ4n) is 6.83. The minimum Gasteiger partial charge on any atom is -0.0616 e. The molecule has 0 amide bonds. The van der Waals surface area contributed by atoms with Gasteiger partial charge in [-0.1, -0.05) is 140 Å². The van der Waals surface area contributed by atoms with Crippen molar-refractivity contribution in [2.24, 2.45) is 0 Å². The van der Waals surface area contributed by atoms with E-state index in [2.05, 4.69) is 182 Å². The van der Waals surface area contributed by atoms with Crippen molar-refractivity contribution in [3.8, 4) is 44.5 Å². The van der Waals surface area contributed by atoms with Gasteiger partial charge in [-0.2, -0.15) is 0 Å². The van der Waals surface area contributed by atoms with Gasteiger partial charge < -0.3 is 0 Å². The number of rotatable bonds is 4. The maximum absolute atomic E-state index is 2.33. The summed E-state index contributed by atoms with van der Waals surface area (Å²) in [6.07, 6.45) is 0. The lowest BCUT2D eigenvalue weighted by molar-refractivity contribution is 1.61. The van der Waals surface area contributed by atoms with Gasteiger partial charge in [0.15, 0.2) is 0 Å². The van der Waals surface area contributed by atoms with Gasteiger partial charge in [0, 0.05) is 0 Å². The Morgan fingerprint density at radius 2 is 0.413 bits per heavy atom. The van der Waals surface area contributed by atoms with Crippen molar-refractivity contribution in [2.75, 3.05) is 0 Å². The molecule has 0 aliphatic carbocycles. The summed E-state index contributed by atoms with van der Waals surface area (Å²) in [5.74, 6) is 0. The third-order valence-corrected chi connectivity index (χ3v) is 9.38. The van der Waals surface area contributed by atoms with Crippen LogP contribution in [0, 0.1) is 0 Å². The molecular weight excluding hydrogens is 553 g/mol. The van der Waals surface area contributed by atoms with E-state index in [1.165, 1.54) is 87.6 Å². The first-order valence-electron chi connectivity index (χ1n) is 15.9. The molecule has 0 atom stereocenters. The van der Waals surface area contributed by atoms with E-state index in [9.17, 15) is 0 Å². The molecule has 214 valence electrons. The number of benzene rings is 9. The summed E-state index contributed by atoms with van der Waals surface area (Å²) in [5, 5.41) is 10.1. The lowest BCUT2D eigenvalue weighted by atomic mass is 9.94. The predicted molar refractivity (Wildman–Crippen MR) is 198 cm³/mol. The van der Waals surface area contributed by atoms with Gasteiger partial charge >= 0.3 is 0 Å². The van der Waals surface area contributed by atoms with Gasteiger partial charge in [0.05, 0.1) is 0 Å².